The number of hydrogen-bond donors (Lipinski definition) is 2. The van der Waals surface area contributed by atoms with Crippen LogP contribution in [0.4, 0.5) is 18.2 Å². The zero-order valence-electron chi connectivity index (χ0n) is 13.8. The van der Waals surface area contributed by atoms with Gasteiger partial charge in [0.2, 0.25) is 0 Å². The molecule has 1 aromatic heterocycles. The van der Waals surface area contributed by atoms with Gasteiger partial charge in [-0.2, -0.15) is 13.2 Å². The molecule has 2 heterocycles. The van der Waals surface area contributed by atoms with Gasteiger partial charge in [-0.3, -0.25) is 0 Å². The summed E-state index contributed by atoms with van der Waals surface area (Å²) < 4.78 is 39.7. The second kappa shape index (κ2) is 6.62. The Morgan fingerprint density at radius 1 is 0.963 bits per heavy atom. The maximum absolute atomic E-state index is 13.1. The van der Waals surface area contributed by atoms with Gasteiger partial charge in [0.1, 0.15) is 15.1 Å². The highest BCUT2D eigenvalue weighted by Gasteiger charge is 2.32. The lowest BCUT2D eigenvalue weighted by Gasteiger charge is -2.21. The molecular weight excluding hydrogens is 395 g/mol. The van der Waals surface area contributed by atoms with Crippen molar-refractivity contribution in [2.45, 2.75) is 6.18 Å². The summed E-state index contributed by atoms with van der Waals surface area (Å²) in [7, 11) is 0. The van der Waals surface area contributed by atoms with E-state index in [0.29, 0.717) is 31.6 Å². The number of fused-ring (bicyclic) bond motifs is 1. The average Bonchev–Trinajstić information content (AvgIpc) is 2.99. The number of nitrogens with one attached hydrogen (secondary N) is 1. The fourth-order valence-corrected chi connectivity index (χ4v) is 4.52. The molecule has 0 spiro atoms. The summed E-state index contributed by atoms with van der Waals surface area (Å²) in [5, 5.41) is 14.8. The normalized spacial score (nSPS) is 14.1. The Bertz CT molecular complexity index is 1040. The van der Waals surface area contributed by atoms with E-state index in [1.807, 2.05) is 30.3 Å². The zero-order valence-corrected chi connectivity index (χ0v) is 15.3. The molecule has 7 heteroatoms. The smallest absolute Gasteiger partial charge is 0.416 e. The first-order chi connectivity index (χ1) is 12.9. The molecule has 0 radical (unpaired) electrons. The van der Waals surface area contributed by atoms with Gasteiger partial charge in [0.05, 0.1) is 11.1 Å². The van der Waals surface area contributed by atoms with E-state index in [2.05, 4.69) is 5.32 Å². The van der Waals surface area contributed by atoms with Crippen molar-refractivity contribution < 1.29 is 18.3 Å². The number of benzene rings is 2. The number of alkyl halides is 3. The van der Waals surface area contributed by atoms with Crippen LogP contribution in [0.5, 0.6) is 0 Å². The largest absolute Gasteiger partial charge is 0.507 e. The van der Waals surface area contributed by atoms with Crippen molar-refractivity contribution in [3.05, 3.63) is 75.6 Å². The van der Waals surface area contributed by atoms with Crippen molar-refractivity contribution in [3.8, 4) is 11.1 Å². The van der Waals surface area contributed by atoms with Gasteiger partial charge in [0.25, 0.3) is 0 Å². The summed E-state index contributed by atoms with van der Waals surface area (Å²) in [6.07, 6.45) is -4.44. The van der Waals surface area contributed by atoms with Crippen LogP contribution in [0.25, 0.3) is 22.5 Å². The molecule has 2 aromatic carbocycles. The Labute approximate surface area is 162 Å². The summed E-state index contributed by atoms with van der Waals surface area (Å²) >= 11 is 7.71. The van der Waals surface area contributed by atoms with Crippen molar-refractivity contribution >= 4 is 39.3 Å². The van der Waals surface area contributed by atoms with E-state index in [1.165, 1.54) is 17.4 Å². The molecule has 0 saturated heterocycles. The van der Waals surface area contributed by atoms with Crippen LogP contribution in [-0.2, 0) is 6.18 Å². The first kappa shape index (κ1) is 17.9. The Morgan fingerprint density at radius 2 is 1.67 bits per heavy atom. The van der Waals surface area contributed by atoms with E-state index < -0.39 is 11.7 Å². The molecule has 0 unspecified atom stereocenters. The van der Waals surface area contributed by atoms with Gasteiger partial charge in [-0.1, -0.05) is 54.1 Å². The summed E-state index contributed by atoms with van der Waals surface area (Å²) in [5.41, 5.74) is 2.00. The lowest BCUT2D eigenvalue weighted by Crippen LogP contribution is -2.13. The summed E-state index contributed by atoms with van der Waals surface area (Å²) in [6, 6.07) is 14.3. The molecule has 27 heavy (non-hydrogen) atoms. The molecule has 0 aliphatic carbocycles. The molecule has 4 rings (SSSR count). The van der Waals surface area contributed by atoms with Crippen molar-refractivity contribution in [2.24, 2.45) is 0 Å². The Hall–Kier alpha value is -2.44. The molecule has 3 aromatic rings. The van der Waals surface area contributed by atoms with Gasteiger partial charge in [-0.25, -0.2) is 0 Å². The Morgan fingerprint density at radius 3 is 2.37 bits per heavy atom. The Balaban J connectivity index is 1.88. The topological polar surface area (TPSA) is 32.3 Å². The monoisotopic (exact) mass is 407 g/mol. The molecule has 1 aliphatic heterocycles. The van der Waals surface area contributed by atoms with Gasteiger partial charge >= 0.3 is 6.18 Å². The minimum Gasteiger partial charge on any atom is -0.507 e. The standard InChI is InChI=1S/C20H13ClF3NOS/c21-18-15(11-5-2-1-3-6-11)16-17(26)14(10-25-19(16)27-18)12-7-4-8-13(9-12)20(22,23)24/h1-9,25-26H,10H2. The van der Waals surface area contributed by atoms with E-state index in [0.717, 1.165) is 17.7 Å². The molecule has 0 amide bonds. The highest BCUT2D eigenvalue weighted by molar-refractivity contribution is 7.21. The molecule has 1 aliphatic rings. The number of anilines is 1. The third-order valence-electron chi connectivity index (χ3n) is 4.41. The van der Waals surface area contributed by atoms with Crippen LogP contribution < -0.4 is 5.32 Å². The van der Waals surface area contributed by atoms with Crippen LogP contribution in [0.3, 0.4) is 0 Å². The maximum Gasteiger partial charge on any atom is 0.416 e. The van der Waals surface area contributed by atoms with Crippen molar-refractivity contribution in [1.82, 2.24) is 0 Å². The van der Waals surface area contributed by atoms with Gasteiger partial charge in [-0.15, -0.1) is 11.3 Å². The molecule has 2 N–H and O–H groups in total. The van der Waals surface area contributed by atoms with Gasteiger partial charge < -0.3 is 10.4 Å². The van der Waals surface area contributed by atoms with Crippen LogP contribution in [0.1, 0.15) is 16.7 Å². The van der Waals surface area contributed by atoms with Gasteiger partial charge in [0, 0.05) is 17.7 Å². The fraction of sp³-hybridized carbons (Fsp3) is 0.100. The summed E-state index contributed by atoms with van der Waals surface area (Å²) in [6.45, 7) is 0.214. The fourth-order valence-electron chi connectivity index (χ4n) is 3.14. The number of aliphatic hydroxyl groups is 1. The summed E-state index contributed by atoms with van der Waals surface area (Å²) in [5.74, 6) is -0.0509. The lowest BCUT2D eigenvalue weighted by molar-refractivity contribution is -0.137. The number of hydrogen-bond acceptors (Lipinski definition) is 3. The maximum atomic E-state index is 13.1. The first-order valence-corrected chi connectivity index (χ1v) is 9.27. The number of thiophene rings is 1. The van der Waals surface area contributed by atoms with E-state index >= 15 is 0 Å². The van der Waals surface area contributed by atoms with Crippen LogP contribution in [-0.4, -0.2) is 11.7 Å². The first-order valence-electron chi connectivity index (χ1n) is 8.08. The minimum atomic E-state index is -4.44. The molecule has 0 bridgehead atoms. The molecular formula is C20H13ClF3NOS. The Kier molecular flexibility index (Phi) is 4.40. The van der Waals surface area contributed by atoms with E-state index in [-0.39, 0.29) is 12.3 Å². The second-order valence-electron chi connectivity index (χ2n) is 6.08. The van der Waals surface area contributed by atoms with E-state index in [4.69, 9.17) is 11.6 Å². The number of halogens is 4. The number of aliphatic hydroxyl groups excluding tert-OH is 1. The van der Waals surface area contributed by atoms with Crippen LogP contribution in [0, 0.1) is 0 Å². The highest BCUT2D eigenvalue weighted by Crippen LogP contribution is 2.49. The quantitative estimate of drug-likeness (QED) is 0.482. The third-order valence-corrected chi connectivity index (χ3v) is 5.77. The molecule has 0 fully saturated rings. The molecule has 0 saturated carbocycles. The summed E-state index contributed by atoms with van der Waals surface area (Å²) in [4.78, 5) is 0. The predicted octanol–water partition coefficient (Wildman–Crippen LogP) is 6.94. The van der Waals surface area contributed by atoms with Gasteiger partial charge in [-0.05, 0) is 23.3 Å². The number of rotatable bonds is 2. The van der Waals surface area contributed by atoms with E-state index in [9.17, 15) is 18.3 Å². The minimum absolute atomic E-state index is 0.0509. The zero-order chi connectivity index (χ0) is 19.2. The average molecular weight is 408 g/mol. The van der Waals surface area contributed by atoms with Crippen LogP contribution >= 0.6 is 22.9 Å². The van der Waals surface area contributed by atoms with Crippen LogP contribution in [0.2, 0.25) is 4.34 Å². The second-order valence-corrected chi connectivity index (χ2v) is 7.70. The molecule has 2 nitrogen and oxygen atoms in total. The van der Waals surface area contributed by atoms with Crippen molar-refractivity contribution in [3.63, 3.8) is 0 Å². The lowest BCUT2D eigenvalue weighted by atomic mass is 9.94. The predicted molar refractivity (Wildman–Crippen MR) is 104 cm³/mol. The van der Waals surface area contributed by atoms with Crippen molar-refractivity contribution in [2.75, 3.05) is 11.9 Å². The van der Waals surface area contributed by atoms with Crippen molar-refractivity contribution in [1.29, 1.82) is 0 Å². The third kappa shape index (κ3) is 3.19. The van der Waals surface area contributed by atoms with Gasteiger partial charge in [0.15, 0.2) is 0 Å². The molecule has 138 valence electrons. The van der Waals surface area contributed by atoms with Crippen LogP contribution in [0.15, 0.2) is 54.6 Å². The molecule has 0 atom stereocenters. The van der Waals surface area contributed by atoms with E-state index in [1.54, 1.807) is 6.07 Å². The highest BCUT2D eigenvalue weighted by atomic mass is 35.5. The SMILES string of the molecule is OC1=C(c2cccc(C(F)(F)F)c2)CNc2sc(Cl)c(-c3ccccc3)c21.